The van der Waals surface area contributed by atoms with Crippen LogP contribution in [-0.4, -0.2) is 16.9 Å². The van der Waals surface area contributed by atoms with E-state index in [1.54, 1.807) is 12.3 Å². The van der Waals surface area contributed by atoms with E-state index in [-0.39, 0.29) is 5.56 Å². The van der Waals surface area contributed by atoms with Gasteiger partial charge in [0.05, 0.1) is 0 Å². The molecule has 1 aromatic carbocycles. The highest BCUT2D eigenvalue weighted by atomic mass is 19.4. The zero-order valence-corrected chi connectivity index (χ0v) is 7.43. The highest BCUT2D eigenvalue weighted by Crippen LogP contribution is 2.23. The van der Waals surface area contributed by atoms with Gasteiger partial charge in [-0.25, -0.2) is 0 Å². The SMILES string of the molecule is O=C(c1ccc2[nH]ccc2c1)C(F)(F)F. The van der Waals surface area contributed by atoms with Crippen molar-refractivity contribution in [1.29, 1.82) is 0 Å². The number of aromatic nitrogens is 1. The topological polar surface area (TPSA) is 32.9 Å². The molecule has 2 aromatic rings. The van der Waals surface area contributed by atoms with E-state index in [9.17, 15) is 18.0 Å². The quantitative estimate of drug-likeness (QED) is 0.726. The molecule has 1 heterocycles. The number of hydrogen-bond donors (Lipinski definition) is 1. The molecule has 0 saturated heterocycles. The van der Waals surface area contributed by atoms with Crippen LogP contribution in [0.5, 0.6) is 0 Å². The Hall–Kier alpha value is -1.78. The number of benzene rings is 1. The number of carbonyl (C=O) groups excluding carboxylic acids is 1. The molecular weight excluding hydrogens is 207 g/mol. The second-order valence-electron chi connectivity index (χ2n) is 3.11. The zero-order chi connectivity index (χ0) is 11.1. The van der Waals surface area contributed by atoms with E-state index in [4.69, 9.17) is 0 Å². The van der Waals surface area contributed by atoms with Crippen LogP contribution in [0.2, 0.25) is 0 Å². The Morgan fingerprint density at radius 1 is 1.20 bits per heavy atom. The molecule has 0 amide bonds. The van der Waals surface area contributed by atoms with Crippen molar-refractivity contribution >= 4 is 16.7 Å². The Morgan fingerprint density at radius 2 is 1.93 bits per heavy atom. The molecule has 0 aliphatic heterocycles. The van der Waals surface area contributed by atoms with Gasteiger partial charge >= 0.3 is 6.18 Å². The maximum absolute atomic E-state index is 12.1. The molecule has 0 unspecified atom stereocenters. The van der Waals surface area contributed by atoms with Crippen molar-refractivity contribution in [1.82, 2.24) is 4.98 Å². The van der Waals surface area contributed by atoms with Crippen molar-refractivity contribution in [2.45, 2.75) is 6.18 Å². The molecule has 2 rings (SSSR count). The number of halogens is 3. The average molecular weight is 213 g/mol. The lowest BCUT2D eigenvalue weighted by Crippen LogP contribution is -2.22. The number of rotatable bonds is 1. The highest BCUT2D eigenvalue weighted by Gasteiger charge is 2.39. The largest absolute Gasteiger partial charge is 0.454 e. The fourth-order valence-electron chi connectivity index (χ4n) is 1.36. The van der Waals surface area contributed by atoms with Crippen LogP contribution < -0.4 is 0 Å². The van der Waals surface area contributed by atoms with Gasteiger partial charge in [0, 0.05) is 22.7 Å². The summed E-state index contributed by atoms with van der Waals surface area (Å²) in [6.07, 6.45) is -3.21. The summed E-state index contributed by atoms with van der Waals surface area (Å²) >= 11 is 0. The first-order valence-electron chi connectivity index (χ1n) is 4.17. The van der Waals surface area contributed by atoms with E-state index < -0.39 is 12.0 Å². The van der Waals surface area contributed by atoms with E-state index in [1.165, 1.54) is 12.1 Å². The molecule has 1 N–H and O–H groups in total. The molecule has 0 spiro atoms. The van der Waals surface area contributed by atoms with Crippen molar-refractivity contribution in [3.05, 3.63) is 36.0 Å². The Kier molecular flexibility index (Phi) is 2.03. The number of aromatic amines is 1. The first-order valence-corrected chi connectivity index (χ1v) is 4.17. The van der Waals surface area contributed by atoms with Crippen LogP contribution in [0.25, 0.3) is 10.9 Å². The van der Waals surface area contributed by atoms with Gasteiger partial charge in [-0.3, -0.25) is 4.79 Å². The van der Waals surface area contributed by atoms with Gasteiger partial charge in [-0.1, -0.05) is 0 Å². The minimum atomic E-state index is -4.82. The van der Waals surface area contributed by atoms with Crippen LogP contribution in [0.3, 0.4) is 0 Å². The molecule has 0 bridgehead atoms. The van der Waals surface area contributed by atoms with Crippen molar-refractivity contribution < 1.29 is 18.0 Å². The van der Waals surface area contributed by atoms with E-state index in [2.05, 4.69) is 4.98 Å². The van der Waals surface area contributed by atoms with Crippen molar-refractivity contribution in [2.24, 2.45) is 0 Å². The van der Waals surface area contributed by atoms with Crippen molar-refractivity contribution in [3.8, 4) is 0 Å². The molecule has 0 radical (unpaired) electrons. The Morgan fingerprint density at radius 3 is 2.60 bits per heavy atom. The molecular formula is C10H6F3NO. The molecule has 1 aromatic heterocycles. The summed E-state index contributed by atoms with van der Waals surface area (Å²) in [6.45, 7) is 0. The predicted octanol–water partition coefficient (Wildman–Crippen LogP) is 2.91. The molecule has 0 aliphatic rings. The normalized spacial score (nSPS) is 11.9. The summed E-state index contributed by atoms with van der Waals surface area (Å²) in [5.41, 5.74) is 0.364. The van der Waals surface area contributed by atoms with Gasteiger partial charge in [0.1, 0.15) is 0 Å². The molecule has 0 fully saturated rings. The van der Waals surface area contributed by atoms with Gasteiger partial charge in [-0.05, 0) is 24.3 Å². The van der Waals surface area contributed by atoms with Crippen LogP contribution >= 0.6 is 0 Å². The number of Topliss-reactive ketones (excluding diaryl/α,β-unsaturated/α-hetero) is 1. The van der Waals surface area contributed by atoms with E-state index in [0.29, 0.717) is 10.9 Å². The number of hydrogen-bond acceptors (Lipinski definition) is 1. The van der Waals surface area contributed by atoms with Crippen molar-refractivity contribution in [2.75, 3.05) is 0 Å². The van der Waals surface area contributed by atoms with Gasteiger partial charge in [-0.2, -0.15) is 13.2 Å². The molecule has 0 aliphatic carbocycles. The van der Waals surface area contributed by atoms with Gasteiger partial charge < -0.3 is 4.98 Å². The minimum absolute atomic E-state index is 0.338. The van der Waals surface area contributed by atoms with Crippen LogP contribution in [0.15, 0.2) is 30.5 Å². The summed E-state index contributed by atoms with van der Waals surface area (Å²) in [7, 11) is 0. The smallest absolute Gasteiger partial charge is 0.361 e. The second kappa shape index (κ2) is 3.12. The molecule has 0 saturated carbocycles. The number of H-pyrrole nitrogens is 1. The second-order valence-corrected chi connectivity index (χ2v) is 3.11. The first-order chi connectivity index (χ1) is 6.98. The Balaban J connectivity index is 2.49. The fourth-order valence-corrected chi connectivity index (χ4v) is 1.36. The number of nitrogens with one attached hydrogen (secondary N) is 1. The lowest BCUT2D eigenvalue weighted by Gasteiger charge is -2.04. The lowest BCUT2D eigenvalue weighted by molar-refractivity contribution is -0.0885. The summed E-state index contributed by atoms with van der Waals surface area (Å²) in [4.78, 5) is 13.7. The third kappa shape index (κ3) is 1.72. The van der Waals surface area contributed by atoms with Crippen LogP contribution in [0.1, 0.15) is 10.4 Å². The first kappa shape index (κ1) is 9.76. The maximum Gasteiger partial charge on any atom is 0.454 e. The lowest BCUT2D eigenvalue weighted by atomic mass is 10.1. The van der Waals surface area contributed by atoms with Gasteiger partial charge in [-0.15, -0.1) is 0 Å². The van der Waals surface area contributed by atoms with E-state index in [1.807, 2.05) is 0 Å². The summed E-state index contributed by atoms with van der Waals surface area (Å²) in [5, 5.41) is 0.588. The molecule has 5 heteroatoms. The van der Waals surface area contributed by atoms with Crippen LogP contribution in [0, 0.1) is 0 Å². The van der Waals surface area contributed by atoms with Crippen LogP contribution in [0.4, 0.5) is 13.2 Å². The number of carbonyl (C=O) groups is 1. The van der Waals surface area contributed by atoms with Gasteiger partial charge in [0.25, 0.3) is 5.78 Å². The van der Waals surface area contributed by atoms with Gasteiger partial charge in [0.2, 0.25) is 0 Å². The predicted molar refractivity (Wildman–Crippen MR) is 48.7 cm³/mol. The molecule has 15 heavy (non-hydrogen) atoms. The standard InChI is InChI=1S/C10H6F3NO/c11-10(12,13)9(15)7-1-2-8-6(5-7)3-4-14-8/h1-5,14H. The summed E-state index contributed by atoms with van der Waals surface area (Å²) in [5.74, 6) is -1.81. The molecule has 0 atom stereocenters. The van der Waals surface area contributed by atoms with Crippen molar-refractivity contribution in [3.63, 3.8) is 0 Å². The monoisotopic (exact) mass is 213 g/mol. The Bertz CT molecular complexity index is 513. The summed E-state index contributed by atoms with van der Waals surface area (Å²) in [6, 6.07) is 5.45. The molecule has 2 nitrogen and oxygen atoms in total. The maximum atomic E-state index is 12.1. The minimum Gasteiger partial charge on any atom is -0.361 e. The number of alkyl halides is 3. The molecule has 78 valence electrons. The van der Waals surface area contributed by atoms with E-state index in [0.717, 1.165) is 6.07 Å². The van der Waals surface area contributed by atoms with Crippen LogP contribution in [-0.2, 0) is 0 Å². The third-order valence-electron chi connectivity index (χ3n) is 2.07. The Labute approximate surface area is 82.7 Å². The highest BCUT2D eigenvalue weighted by molar-refractivity contribution is 6.02. The van der Waals surface area contributed by atoms with Gasteiger partial charge in [0.15, 0.2) is 0 Å². The zero-order valence-electron chi connectivity index (χ0n) is 7.43. The summed E-state index contributed by atoms with van der Waals surface area (Å²) < 4.78 is 36.3. The van der Waals surface area contributed by atoms with E-state index >= 15 is 0 Å². The number of ketones is 1. The number of fused-ring (bicyclic) bond motifs is 1. The fraction of sp³-hybridized carbons (Fsp3) is 0.100. The average Bonchev–Trinajstić information content (AvgIpc) is 2.61. The third-order valence-corrected chi connectivity index (χ3v) is 2.07.